The van der Waals surface area contributed by atoms with Crippen molar-refractivity contribution < 1.29 is 18.3 Å². The number of hydrogen-bond donors (Lipinski definition) is 2. The first-order valence-electron chi connectivity index (χ1n) is 8.70. The molecule has 1 aliphatic heterocycles. The van der Waals surface area contributed by atoms with Crippen molar-refractivity contribution in [3.63, 3.8) is 0 Å². The molecule has 0 unspecified atom stereocenters. The van der Waals surface area contributed by atoms with E-state index in [9.17, 15) is 4.39 Å². The van der Waals surface area contributed by atoms with Gasteiger partial charge in [-0.05, 0) is 30.3 Å². The average molecular weight is 391 g/mol. The van der Waals surface area contributed by atoms with E-state index >= 15 is 0 Å². The summed E-state index contributed by atoms with van der Waals surface area (Å²) in [7, 11) is 0. The van der Waals surface area contributed by atoms with Gasteiger partial charge in [-0.2, -0.15) is 4.98 Å². The molecule has 0 fully saturated rings. The molecule has 144 valence electrons. The quantitative estimate of drug-likeness (QED) is 0.514. The molecule has 0 spiro atoms. The Labute approximate surface area is 164 Å². The molecule has 0 aliphatic carbocycles. The average Bonchev–Trinajstić information content (AvgIpc) is 3.43. The lowest BCUT2D eigenvalue weighted by atomic mass is 10.1. The summed E-state index contributed by atoms with van der Waals surface area (Å²) < 4.78 is 30.3. The van der Waals surface area contributed by atoms with E-state index in [0.717, 1.165) is 11.3 Å². The monoisotopic (exact) mass is 391 g/mol. The number of halogens is 1. The molecule has 9 heteroatoms. The van der Waals surface area contributed by atoms with Crippen LogP contribution in [0.25, 0.3) is 11.3 Å². The fourth-order valence-corrected chi connectivity index (χ4v) is 2.92. The third-order valence-corrected chi connectivity index (χ3v) is 4.23. The summed E-state index contributed by atoms with van der Waals surface area (Å²) in [5.41, 5.74) is 1.79. The second-order valence-electron chi connectivity index (χ2n) is 6.12. The van der Waals surface area contributed by atoms with Crippen LogP contribution in [0.3, 0.4) is 0 Å². The molecule has 0 radical (unpaired) electrons. The SMILES string of the molecule is Fc1ccc2c(c1Nc1ccnc(Nc3cccc(-c4cnco4)c3)n1)OCO2. The van der Waals surface area contributed by atoms with E-state index in [1.807, 2.05) is 24.3 Å². The minimum atomic E-state index is -0.470. The zero-order chi connectivity index (χ0) is 19.6. The number of benzene rings is 2. The number of oxazole rings is 1. The zero-order valence-corrected chi connectivity index (χ0v) is 14.9. The molecule has 2 aromatic carbocycles. The maximum Gasteiger partial charge on any atom is 0.231 e. The third kappa shape index (κ3) is 3.41. The largest absolute Gasteiger partial charge is 0.454 e. The Balaban J connectivity index is 1.39. The Kier molecular flexibility index (Phi) is 4.17. The topological polar surface area (TPSA) is 94.3 Å². The number of hydrogen-bond acceptors (Lipinski definition) is 8. The lowest BCUT2D eigenvalue weighted by Gasteiger charge is -2.11. The van der Waals surface area contributed by atoms with Gasteiger partial charge in [-0.1, -0.05) is 12.1 Å². The van der Waals surface area contributed by atoms with Gasteiger partial charge in [0, 0.05) is 17.4 Å². The molecule has 1 aliphatic rings. The van der Waals surface area contributed by atoms with Crippen molar-refractivity contribution in [3.05, 3.63) is 67.1 Å². The van der Waals surface area contributed by atoms with Crippen LogP contribution in [0.4, 0.5) is 27.5 Å². The molecule has 0 saturated carbocycles. The fraction of sp³-hybridized carbons (Fsp3) is 0.0500. The molecule has 3 heterocycles. The van der Waals surface area contributed by atoms with E-state index in [2.05, 4.69) is 25.6 Å². The van der Waals surface area contributed by atoms with Crippen LogP contribution >= 0.6 is 0 Å². The van der Waals surface area contributed by atoms with Crippen molar-refractivity contribution >= 4 is 23.1 Å². The van der Waals surface area contributed by atoms with Crippen molar-refractivity contribution in [1.82, 2.24) is 15.0 Å². The molecule has 0 bridgehead atoms. The highest BCUT2D eigenvalue weighted by atomic mass is 19.1. The van der Waals surface area contributed by atoms with Gasteiger partial charge < -0.3 is 24.5 Å². The Morgan fingerprint density at radius 1 is 1.03 bits per heavy atom. The molecule has 0 amide bonds. The lowest BCUT2D eigenvalue weighted by Crippen LogP contribution is -2.02. The fourth-order valence-electron chi connectivity index (χ4n) is 2.92. The first-order chi connectivity index (χ1) is 14.3. The van der Waals surface area contributed by atoms with Crippen molar-refractivity contribution in [2.24, 2.45) is 0 Å². The molecule has 5 rings (SSSR count). The summed E-state index contributed by atoms with van der Waals surface area (Å²) >= 11 is 0. The van der Waals surface area contributed by atoms with Gasteiger partial charge in [0.2, 0.25) is 12.7 Å². The number of aromatic nitrogens is 3. The second-order valence-corrected chi connectivity index (χ2v) is 6.12. The standard InChI is InChI=1S/C20H14FN5O3/c21-14-4-5-15-19(29-11-28-15)18(14)25-17-6-7-23-20(26-17)24-13-3-1-2-12(8-13)16-9-22-10-27-16/h1-10H,11H2,(H2,23,24,25,26). The smallest absolute Gasteiger partial charge is 0.231 e. The van der Waals surface area contributed by atoms with Crippen molar-refractivity contribution in [3.8, 4) is 22.8 Å². The Morgan fingerprint density at radius 3 is 2.90 bits per heavy atom. The number of fused-ring (bicyclic) bond motifs is 1. The minimum Gasteiger partial charge on any atom is -0.454 e. The highest BCUT2D eigenvalue weighted by molar-refractivity contribution is 5.71. The maximum absolute atomic E-state index is 14.3. The highest BCUT2D eigenvalue weighted by Gasteiger charge is 2.21. The van der Waals surface area contributed by atoms with Crippen LogP contribution in [0.15, 0.2) is 65.7 Å². The summed E-state index contributed by atoms with van der Waals surface area (Å²) in [6, 6.07) is 12.0. The Bertz CT molecular complexity index is 1170. The number of nitrogens with one attached hydrogen (secondary N) is 2. The van der Waals surface area contributed by atoms with Gasteiger partial charge in [0.1, 0.15) is 11.5 Å². The van der Waals surface area contributed by atoms with Crippen LogP contribution in [-0.4, -0.2) is 21.7 Å². The van der Waals surface area contributed by atoms with Gasteiger partial charge in [-0.15, -0.1) is 0 Å². The molecule has 2 N–H and O–H groups in total. The molecule has 0 atom stereocenters. The van der Waals surface area contributed by atoms with Gasteiger partial charge in [0.25, 0.3) is 0 Å². The van der Waals surface area contributed by atoms with E-state index < -0.39 is 5.82 Å². The van der Waals surface area contributed by atoms with Crippen LogP contribution in [0.5, 0.6) is 11.5 Å². The van der Waals surface area contributed by atoms with Crippen LogP contribution < -0.4 is 20.1 Å². The van der Waals surface area contributed by atoms with E-state index in [-0.39, 0.29) is 12.5 Å². The molecule has 8 nitrogen and oxygen atoms in total. The van der Waals surface area contributed by atoms with E-state index in [0.29, 0.717) is 29.0 Å². The summed E-state index contributed by atoms with van der Waals surface area (Å²) in [5, 5.41) is 6.06. The van der Waals surface area contributed by atoms with Gasteiger partial charge in [0.15, 0.2) is 29.5 Å². The molecular formula is C20H14FN5O3. The predicted octanol–water partition coefficient (Wildman–Crippen LogP) is 4.49. The second kappa shape index (κ2) is 7.12. The van der Waals surface area contributed by atoms with Crippen LogP contribution in [0.2, 0.25) is 0 Å². The van der Waals surface area contributed by atoms with Crippen molar-refractivity contribution in [2.75, 3.05) is 17.4 Å². The third-order valence-electron chi connectivity index (χ3n) is 4.23. The van der Waals surface area contributed by atoms with Crippen molar-refractivity contribution in [1.29, 1.82) is 0 Å². The lowest BCUT2D eigenvalue weighted by molar-refractivity contribution is 0.174. The first kappa shape index (κ1) is 17.0. The summed E-state index contributed by atoms with van der Waals surface area (Å²) in [4.78, 5) is 12.5. The first-order valence-corrected chi connectivity index (χ1v) is 8.70. The Hall–Kier alpha value is -4.14. The van der Waals surface area contributed by atoms with Gasteiger partial charge in [0.05, 0.1) is 6.20 Å². The minimum absolute atomic E-state index is 0.0472. The predicted molar refractivity (Wildman–Crippen MR) is 103 cm³/mol. The summed E-state index contributed by atoms with van der Waals surface area (Å²) in [5.74, 6) is 1.72. The van der Waals surface area contributed by atoms with Crippen LogP contribution in [0, 0.1) is 5.82 Å². The van der Waals surface area contributed by atoms with E-state index in [1.165, 1.54) is 18.5 Å². The number of nitrogens with zero attached hydrogens (tertiary/aromatic N) is 3. The van der Waals surface area contributed by atoms with Gasteiger partial charge in [-0.25, -0.2) is 14.4 Å². The van der Waals surface area contributed by atoms with Gasteiger partial charge >= 0.3 is 0 Å². The summed E-state index contributed by atoms with van der Waals surface area (Å²) in [6.07, 6.45) is 4.58. The maximum atomic E-state index is 14.3. The van der Waals surface area contributed by atoms with E-state index in [1.54, 1.807) is 18.5 Å². The Morgan fingerprint density at radius 2 is 2.00 bits per heavy atom. The number of rotatable bonds is 5. The molecule has 0 saturated heterocycles. The molecular weight excluding hydrogens is 377 g/mol. The normalized spacial score (nSPS) is 12.0. The molecule has 2 aromatic heterocycles. The van der Waals surface area contributed by atoms with Crippen LogP contribution in [-0.2, 0) is 0 Å². The van der Waals surface area contributed by atoms with E-state index in [4.69, 9.17) is 13.9 Å². The van der Waals surface area contributed by atoms with Crippen molar-refractivity contribution in [2.45, 2.75) is 0 Å². The van der Waals surface area contributed by atoms with Gasteiger partial charge in [-0.3, -0.25) is 0 Å². The number of anilines is 4. The molecule has 29 heavy (non-hydrogen) atoms. The van der Waals surface area contributed by atoms with Crippen LogP contribution in [0.1, 0.15) is 0 Å². The summed E-state index contributed by atoms with van der Waals surface area (Å²) in [6.45, 7) is 0.0472. The zero-order valence-electron chi connectivity index (χ0n) is 14.9. The molecule has 4 aromatic rings. The highest BCUT2D eigenvalue weighted by Crippen LogP contribution is 2.41. The number of ether oxygens (including phenoxy) is 2.